The summed E-state index contributed by atoms with van der Waals surface area (Å²) in [7, 11) is -2.02. The van der Waals surface area contributed by atoms with E-state index in [9.17, 15) is 19.1 Å². The van der Waals surface area contributed by atoms with E-state index in [2.05, 4.69) is 40.8 Å². The number of halogens is 1. The molecule has 0 spiro atoms. The predicted molar refractivity (Wildman–Crippen MR) is 106 cm³/mol. The molecule has 0 amide bonds. The van der Waals surface area contributed by atoms with Crippen LogP contribution in [0, 0.1) is 17.7 Å². The van der Waals surface area contributed by atoms with E-state index >= 15 is 0 Å². The third kappa shape index (κ3) is 4.33. The monoisotopic (exact) mass is 398 g/mol. The molecular formula is C19H31FN2O4Si. The van der Waals surface area contributed by atoms with E-state index in [1.54, 1.807) is 6.08 Å². The number of rotatable bonds is 7. The molecule has 0 fully saturated rings. The molecule has 2 atom stereocenters. The SMILES string of the molecule is CC(C)C(C)(C)[Si](C)(C)OC[C@H]1C[C@@H](n2cc(F)c(=O)[nH]c2=O)C=C1CO. The van der Waals surface area contributed by atoms with Gasteiger partial charge >= 0.3 is 5.69 Å². The number of allylic oxidation sites excluding steroid dienone is 1. The molecule has 1 aromatic heterocycles. The molecule has 0 aliphatic heterocycles. The average molecular weight is 399 g/mol. The van der Waals surface area contributed by atoms with Crippen molar-refractivity contribution in [2.75, 3.05) is 13.2 Å². The Hall–Kier alpha value is -1.51. The zero-order chi connectivity index (χ0) is 20.6. The van der Waals surface area contributed by atoms with Gasteiger partial charge in [0.2, 0.25) is 5.82 Å². The van der Waals surface area contributed by atoms with Crippen molar-refractivity contribution in [1.29, 1.82) is 0 Å². The topological polar surface area (TPSA) is 84.3 Å². The number of aliphatic hydroxyl groups is 1. The van der Waals surface area contributed by atoms with Crippen molar-refractivity contribution in [2.45, 2.75) is 58.3 Å². The van der Waals surface area contributed by atoms with Gasteiger partial charge in [0.15, 0.2) is 8.32 Å². The average Bonchev–Trinajstić information content (AvgIpc) is 2.99. The van der Waals surface area contributed by atoms with Crippen molar-refractivity contribution in [3.8, 4) is 0 Å². The number of hydrogen-bond acceptors (Lipinski definition) is 4. The van der Waals surface area contributed by atoms with Crippen LogP contribution in [0.2, 0.25) is 18.1 Å². The van der Waals surface area contributed by atoms with Gasteiger partial charge in [0.1, 0.15) is 0 Å². The van der Waals surface area contributed by atoms with Gasteiger partial charge in [0.25, 0.3) is 5.56 Å². The minimum atomic E-state index is -2.02. The second-order valence-electron chi connectivity index (χ2n) is 8.74. The third-order valence-corrected chi connectivity index (χ3v) is 11.1. The van der Waals surface area contributed by atoms with Crippen LogP contribution in [0.3, 0.4) is 0 Å². The van der Waals surface area contributed by atoms with Crippen LogP contribution in [0.25, 0.3) is 0 Å². The third-order valence-electron chi connectivity index (χ3n) is 6.56. The van der Waals surface area contributed by atoms with Crippen molar-refractivity contribution in [3.63, 3.8) is 0 Å². The van der Waals surface area contributed by atoms with Crippen molar-refractivity contribution in [3.05, 3.63) is 44.5 Å². The molecule has 0 radical (unpaired) electrons. The van der Waals surface area contributed by atoms with Crippen LogP contribution in [0.15, 0.2) is 27.4 Å². The lowest BCUT2D eigenvalue weighted by Gasteiger charge is -2.43. The van der Waals surface area contributed by atoms with Crippen molar-refractivity contribution < 1.29 is 13.9 Å². The Morgan fingerprint density at radius 3 is 2.59 bits per heavy atom. The van der Waals surface area contributed by atoms with E-state index < -0.39 is 31.4 Å². The zero-order valence-corrected chi connectivity index (χ0v) is 18.0. The van der Waals surface area contributed by atoms with E-state index in [1.165, 1.54) is 4.57 Å². The maximum absolute atomic E-state index is 13.6. The lowest BCUT2D eigenvalue weighted by molar-refractivity contribution is 0.214. The van der Waals surface area contributed by atoms with Gasteiger partial charge in [-0.2, -0.15) is 4.39 Å². The van der Waals surface area contributed by atoms with Crippen LogP contribution in [0.5, 0.6) is 0 Å². The van der Waals surface area contributed by atoms with Gasteiger partial charge < -0.3 is 9.53 Å². The van der Waals surface area contributed by atoms with Crippen molar-refractivity contribution in [2.24, 2.45) is 11.8 Å². The van der Waals surface area contributed by atoms with Gasteiger partial charge in [0, 0.05) is 12.5 Å². The molecule has 27 heavy (non-hydrogen) atoms. The standard InChI is InChI=1S/C19H31FN2O4Si/c1-12(2)19(3,4)27(5,6)26-11-14-8-15(7-13(14)10-23)22-9-16(20)17(24)21-18(22)25/h7,9,12,14-15,23H,8,10-11H2,1-6H3,(H,21,24,25)/t14-,15+/m1/s1. The molecule has 0 saturated heterocycles. The minimum Gasteiger partial charge on any atom is -0.416 e. The fourth-order valence-corrected chi connectivity index (χ4v) is 5.72. The van der Waals surface area contributed by atoms with Gasteiger partial charge in [-0.3, -0.25) is 14.3 Å². The van der Waals surface area contributed by atoms with Gasteiger partial charge in [0.05, 0.1) is 18.8 Å². The molecule has 2 N–H and O–H groups in total. The summed E-state index contributed by atoms with van der Waals surface area (Å²) in [5.74, 6) is -0.567. The summed E-state index contributed by atoms with van der Waals surface area (Å²) in [4.78, 5) is 25.2. The Balaban J connectivity index is 2.18. The highest BCUT2D eigenvalue weighted by Gasteiger charge is 2.44. The van der Waals surface area contributed by atoms with Crippen LogP contribution in [-0.2, 0) is 4.43 Å². The van der Waals surface area contributed by atoms with Gasteiger partial charge in [-0.15, -0.1) is 0 Å². The zero-order valence-electron chi connectivity index (χ0n) is 17.0. The summed E-state index contributed by atoms with van der Waals surface area (Å²) in [6.07, 6.45) is 3.23. The fraction of sp³-hybridized carbons (Fsp3) is 0.684. The van der Waals surface area contributed by atoms with Gasteiger partial charge in [-0.25, -0.2) is 4.79 Å². The van der Waals surface area contributed by atoms with Crippen LogP contribution in [0.1, 0.15) is 40.2 Å². The van der Waals surface area contributed by atoms with E-state index in [4.69, 9.17) is 4.43 Å². The fourth-order valence-electron chi connectivity index (χ4n) is 3.34. The molecule has 8 heteroatoms. The first-order chi connectivity index (χ1) is 12.4. The molecule has 0 saturated carbocycles. The molecule has 1 aliphatic rings. The van der Waals surface area contributed by atoms with E-state index in [1.807, 2.05) is 4.98 Å². The molecule has 0 bridgehead atoms. The highest BCUT2D eigenvalue weighted by molar-refractivity contribution is 6.74. The van der Waals surface area contributed by atoms with Crippen LogP contribution >= 0.6 is 0 Å². The van der Waals surface area contributed by atoms with Crippen LogP contribution < -0.4 is 11.2 Å². The predicted octanol–water partition coefficient (Wildman–Crippen LogP) is 2.81. The van der Waals surface area contributed by atoms with Crippen LogP contribution in [-0.4, -0.2) is 36.2 Å². The first-order valence-corrected chi connectivity index (χ1v) is 12.3. The maximum atomic E-state index is 13.6. The maximum Gasteiger partial charge on any atom is 0.329 e. The minimum absolute atomic E-state index is 0.0448. The Kier molecular flexibility index (Phi) is 6.33. The molecule has 152 valence electrons. The number of nitrogens with one attached hydrogen (secondary N) is 1. The van der Waals surface area contributed by atoms with Crippen molar-refractivity contribution in [1.82, 2.24) is 9.55 Å². The van der Waals surface area contributed by atoms with Gasteiger partial charge in [-0.05, 0) is 36.0 Å². The number of aromatic nitrogens is 2. The first kappa shape index (κ1) is 21.8. The number of hydrogen-bond donors (Lipinski definition) is 2. The van der Waals surface area contributed by atoms with Gasteiger partial charge in [-0.1, -0.05) is 33.8 Å². The lowest BCUT2D eigenvalue weighted by Crippen LogP contribution is -2.46. The smallest absolute Gasteiger partial charge is 0.329 e. The molecule has 6 nitrogen and oxygen atoms in total. The number of aliphatic hydroxyl groups excluding tert-OH is 1. The Morgan fingerprint density at radius 2 is 2.04 bits per heavy atom. The second-order valence-corrected chi connectivity index (χ2v) is 13.3. The summed E-state index contributed by atoms with van der Waals surface area (Å²) in [6.45, 7) is 13.6. The summed E-state index contributed by atoms with van der Waals surface area (Å²) in [6, 6.07) is -0.414. The summed E-state index contributed by atoms with van der Waals surface area (Å²) in [5.41, 5.74) is -0.896. The lowest BCUT2D eigenvalue weighted by atomic mass is 9.99. The normalized spacial score (nSPS) is 21.0. The number of aromatic amines is 1. The molecule has 1 heterocycles. The molecule has 1 aliphatic carbocycles. The summed E-state index contributed by atoms with van der Waals surface area (Å²) < 4.78 is 21.2. The molecule has 0 aromatic carbocycles. The molecule has 1 aromatic rings. The second kappa shape index (κ2) is 7.85. The summed E-state index contributed by atoms with van der Waals surface area (Å²) >= 11 is 0. The number of nitrogens with zero attached hydrogens (tertiary/aromatic N) is 1. The summed E-state index contributed by atoms with van der Waals surface area (Å²) in [5, 5.41) is 9.79. The largest absolute Gasteiger partial charge is 0.416 e. The van der Waals surface area contributed by atoms with E-state index in [0.29, 0.717) is 18.9 Å². The van der Waals surface area contributed by atoms with Crippen LogP contribution in [0.4, 0.5) is 4.39 Å². The highest BCUT2D eigenvalue weighted by atomic mass is 28.4. The van der Waals surface area contributed by atoms with Crippen molar-refractivity contribution >= 4 is 8.32 Å². The Morgan fingerprint density at radius 1 is 1.41 bits per heavy atom. The number of H-pyrrole nitrogens is 1. The molecule has 0 unspecified atom stereocenters. The van der Waals surface area contributed by atoms with E-state index in [0.717, 1.165) is 11.8 Å². The quantitative estimate of drug-likeness (QED) is 0.546. The molecular weight excluding hydrogens is 367 g/mol. The Bertz CT molecular complexity index is 826. The molecule has 2 rings (SSSR count). The highest BCUT2D eigenvalue weighted by Crippen LogP contribution is 2.45. The first-order valence-electron chi connectivity index (χ1n) is 9.37. The van der Waals surface area contributed by atoms with E-state index in [-0.39, 0.29) is 17.6 Å². The Labute approximate surface area is 160 Å².